The number of carbonyl (C=O) groups excluding carboxylic acids is 2. The number of carbonyl (C=O) groups is 2. The molecule has 3 aromatic carbocycles. The van der Waals surface area contributed by atoms with Gasteiger partial charge in [0.05, 0.1) is 0 Å². The molecule has 0 saturated carbocycles. The zero-order chi connectivity index (χ0) is 14.3. The van der Waals surface area contributed by atoms with E-state index in [4.69, 9.17) is 23.2 Å². The van der Waals surface area contributed by atoms with E-state index in [0.29, 0.717) is 32.7 Å². The first kappa shape index (κ1) is 13.1. The molecular weight excluding hydrogens is 295 g/mol. The number of halogens is 2. The molecule has 0 heterocycles. The molecule has 0 unspecified atom stereocenters. The van der Waals surface area contributed by atoms with Gasteiger partial charge in [0.15, 0.2) is 6.29 Å². The lowest BCUT2D eigenvalue weighted by atomic mass is 9.94. The summed E-state index contributed by atoms with van der Waals surface area (Å²) in [5.41, 5.74) is 0.390. The van der Waals surface area contributed by atoms with Crippen LogP contribution in [0.4, 0.5) is 0 Å². The molecule has 3 rings (SSSR count). The van der Waals surface area contributed by atoms with Crippen molar-refractivity contribution in [2.75, 3.05) is 0 Å². The molecule has 20 heavy (non-hydrogen) atoms. The summed E-state index contributed by atoms with van der Waals surface area (Å²) in [6.45, 7) is 0. The third-order valence-corrected chi connectivity index (χ3v) is 3.70. The molecule has 0 spiro atoms. The first-order valence-electron chi connectivity index (χ1n) is 5.91. The van der Waals surface area contributed by atoms with Gasteiger partial charge in [-0.15, -0.1) is 0 Å². The Labute approximate surface area is 124 Å². The topological polar surface area (TPSA) is 34.1 Å². The lowest BCUT2D eigenvalue weighted by Gasteiger charge is -2.09. The van der Waals surface area contributed by atoms with Gasteiger partial charge in [-0.05, 0) is 51.9 Å². The summed E-state index contributed by atoms with van der Waals surface area (Å²) in [5.74, 6) is -0.551. The van der Waals surface area contributed by atoms with Gasteiger partial charge in [-0.3, -0.25) is 9.59 Å². The maximum absolute atomic E-state index is 12.0. The van der Waals surface area contributed by atoms with E-state index in [2.05, 4.69) is 0 Å². The largest absolute Gasteiger partial charge is 0.294 e. The van der Waals surface area contributed by atoms with Crippen molar-refractivity contribution in [3.05, 3.63) is 58.1 Å². The summed E-state index contributed by atoms with van der Waals surface area (Å²) in [5, 5.41) is 4.17. The minimum atomic E-state index is -0.551. The smallest absolute Gasteiger partial charge is 0.226 e. The number of fused-ring (bicyclic) bond motifs is 2. The van der Waals surface area contributed by atoms with Crippen LogP contribution >= 0.6 is 23.2 Å². The molecule has 2 nitrogen and oxygen atoms in total. The fourth-order valence-corrected chi connectivity index (χ4v) is 2.76. The van der Waals surface area contributed by atoms with Crippen molar-refractivity contribution in [3.63, 3.8) is 0 Å². The van der Waals surface area contributed by atoms with E-state index in [0.717, 1.165) is 10.8 Å². The second-order valence-corrected chi connectivity index (χ2v) is 5.34. The van der Waals surface area contributed by atoms with Gasteiger partial charge in [0, 0.05) is 15.6 Å². The lowest BCUT2D eigenvalue weighted by Crippen LogP contribution is -2.02. The van der Waals surface area contributed by atoms with Crippen molar-refractivity contribution in [1.29, 1.82) is 0 Å². The van der Waals surface area contributed by atoms with Crippen LogP contribution in [0.15, 0.2) is 42.5 Å². The van der Waals surface area contributed by atoms with E-state index >= 15 is 0 Å². The zero-order valence-corrected chi connectivity index (χ0v) is 11.7. The second kappa shape index (κ2) is 4.89. The third kappa shape index (κ3) is 2.07. The molecule has 0 aliphatic carbocycles. The van der Waals surface area contributed by atoms with Gasteiger partial charge < -0.3 is 0 Å². The minimum Gasteiger partial charge on any atom is -0.294 e. The summed E-state index contributed by atoms with van der Waals surface area (Å²) in [6.07, 6.45) is 0.331. The number of Topliss-reactive ketones (excluding diaryl/α,β-unsaturated/α-hetero) is 1. The van der Waals surface area contributed by atoms with E-state index in [1.807, 2.05) is 6.07 Å². The molecule has 0 aliphatic rings. The van der Waals surface area contributed by atoms with Gasteiger partial charge in [-0.1, -0.05) is 35.3 Å². The highest BCUT2D eigenvalue weighted by Crippen LogP contribution is 2.31. The second-order valence-electron chi connectivity index (χ2n) is 4.46. The standard InChI is InChI=1S/C16H8Cl2O2/c17-11-1-3-13-9(6-11)5-10-7-12(18)2-4-14(10)16(13)15(20)8-19/h1-8H. The average Bonchev–Trinajstić information content (AvgIpc) is 2.43. The van der Waals surface area contributed by atoms with E-state index in [9.17, 15) is 9.59 Å². The van der Waals surface area contributed by atoms with E-state index in [-0.39, 0.29) is 0 Å². The molecule has 3 aromatic rings. The molecule has 4 heteroatoms. The summed E-state index contributed by atoms with van der Waals surface area (Å²) < 4.78 is 0. The molecule has 0 radical (unpaired) electrons. The predicted molar refractivity (Wildman–Crippen MR) is 81.9 cm³/mol. The quantitative estimate of drug-likeness (QED) is 0.298. The first-order chi connectivity index (χ1) is 9.60. The van der Waals surface area contributed by atoms with Crippen molar-refractivity contribution >= 4 is 56.8 Å². The number of aldehydes is 1. The molecule has 0 amide bonds. The molecule has 0 N–H and O–H groups in total. The molecule has 0 fully saturated rings. The van der Waals surface area contributed by atoms with Crippen LogP contribution in [0.5, 0.6) is 0 Å². The molecule has 98 valence electrons. The van der Waals surface area contributed by atoms with Crippen molar-refractivity contribution in [1.82, 2.24) is 0 Å². The normalized spacial score (nSPS) is 10.9. The monoisotopic (exact) mass is 302 g/mol. The lowest BCUT2D eigenvalue weighted by molar-refractivity contribution is -0.104. The fraction of sp³-hybridized carbons (Fsp3) is 0. The van der Waals surface area contributed by atoms with Crippen molar-refractivity contribution in [2.45, 2.75) is 0 Å². The Morgan fingerprint density at radius 1 is 0.850 bits per heavy atom. The Hall–Kier alpha value is -1.90. The highest BCUT2D eigenvalue weighted by Gasteiger charge is 2.14. The van der Waals surface area contributed by atoms with Crippen LogP contribution in [0.3, 0.4) is 0 Å². The first-order valence-corrected chi connectivity index (χ1v) is 6.67. The van der Waals surface area contributed by atoms with Gasteiger partial charge in [0.2, 0.25) is 5.78 Å². The highest BCUT2D eigenvalue weighted by molar-refractivity contribution is 6.40. The zero-order valence-electron chi connectivity index (χ0n) is 10.2. The van der Waals surface area contributed by atoms with Gasteiger partial charge in [-0.25, -0.2) is 0 Å². The Morgan fingerprint density at radius 3 is 1.80 bits per heavy atom. The molecule has 0 bridgehead atoms. The van der Waals surface area contributed by atoms with Gasteiger partial charge in [-0.2, -0.15) is 0 Å². The summed E-state index contributed by atoms with van der Waals surface area (Å²) in [7, 11) is 0. The third-order valence-electron chi connectivity index (χ3n) is 3.23. The van der Waals surface area contributed by atoms with Crippen LogP contribution in [0.1, 0.15) is 10.4 Å². The number of rotatable bonds is 2. The number of hydrogen-bond donors (Lipinski definition) is 0. The summed E-state index contributed by atoms with van der Waals surface area (Å²) >= 11 is 12.0. The van der Waals surface area contributed by atoms with Crippen molar-refractivity contribution < 1.29 is 9.59 Å². The minimum absolute atomic E-state index is 0.331. The van der Waals surface area contributed by atoms with E-state index in [1.54, 1.807) is 36.4 Å². The molecule has 0 aliphatic heterocycles. The maximum atomic E-state index is 12.0. The summed E-state index contributed by atoms with van der Waals surface area (Å²) in [4.78, 5) is 22.9. The highest BCUT2D eigenvalue weighted by atomic mass is 35.5. The van der Waals surface area contributed by atoms with Crippen LogP contribution in [0, 0.1) is 0 Å². The van der Waals surface area contributed by atoms with Gasteiger partial charge >= 0.3 is 0 Å². The Morgan fingerprint density at radius 2 is 1.35 bits per heavy atom. The fourth-order valence-electron chi connectivity index (χ4n) is 2.40. The number of hydrogen-bond acceptors (Lipinski definition) is 2. The molecular formula is C16H8Cl2O2. The molecule has 0 aromatic heterocycles. The number of benzene rings is 3. The van der Waals surface area contributed by atoms with Crippen LogP contribution in [-0.4, -0.2) is 12.1 Å². The van der Waals surface area contributed by atoms with Crippen LogP contribution in [0.25, 0.3) is 21.5 Å². The molecule has 0 atom stereocenters. The van der Waals surface area contributed by atoms with Gasteiger partial charge in [0.25, 0.3) is 0 Å². The summed E-state index contributed by atoms with van der Waals surface area (Å²) in [6, 6.07) is 12.3. The maximum Gasteiger partial charge on any atom is 0.226 e. The Bertz CT molecular complexity index is 809. The Kier molecular flexibility index (Phi) is 3.20. The Balaban J connectivity index is 2.55. The van der Waals surface area contributed by atoms with Crippen LogP contribution in [0.2, 0.25) is 10.0 Å². The van der Waals surface area contributed by atoms with Crippen LogP contribution in [-0.2, 0) is 4.79 Å². The van der Waals surface area contributed by atoms with E-state index < -0.39 is 5.78 Å². The predicted octanol–water partition coefficient (Wildman–Crippen LogP) is 4.68. The SMILES string of the molecule is O=CC(=O)c1c2ccc(Cl)cc2cc2cc(Cl)ccc12. The van der Waals surface area contributed by atoms with Gasteiger partial charge in [0.1, 0.15) is 0 Å². The van der Waals surface area contributed by atoms with Crippen LogP contribution < -0.4 is 0 Å². The van der Waals surface area contributed by atoms with E-state index in [1.165, 1.54) is 0 Å². The van der Waals surface area contributed by atoms with Crippen molar-refractivity contribution in [3.8, 4) is 0 Å². The molecule has 0 saturated heterocycles. The van der Waals surface area contributed by atoms with Crippen molar-refractivity contribution in [2.24, 2.45) is 0 Å². The number of ketones is 1. The average molecular weight is 303 g/mol.